The quantitative estimate of drug-likeness (QED) is 0.873. The number of nitrogens with zero attached hydrogens (tertiary/aromatic N) is 1. The molecule has 3 heteroatoms. The predicted octanol–water partition coefficient (Wildman–Crippen LogP) is 4.70. The van der Waals surface area contributed by atoms with Crippen molar-refractivity contribution in [2.45, 2.75) is 83.7 Å². The van der Waals surface area contributed by atoms with Crippen molar-refractivity contribution in [3.63, 3.8) is 0 Å². The molecule has 0 radical (unpaired) electrons. The molecule has 0 aromatic carbocycles. The molecule has 1 N–H and O–H groups in total. The summed E-state index contributed by atoms with van der Waals surface area (Å²) in [5.41, 5.74) is 0.758. The van der Waals surface area contributed by atoms with Gasteiger partial charge in [-0.3, -0.25) is 0 Å². The van der Waals surface area contributed by atoms with Crippen LogP contribution in [0.5, 0.6) is 0 Å². The van der Waals surface area contributed by atoms with E-state index in [1.54, 1.807) is 11.3 Å². The summed E-state index contributed by atoms with van der Waals surface area (Å²) in [6, 6.07) is 0. The first kappa shape index (κ1) is 16.0. The highest BCUT2D eigenvalue weighted by atomic mass is 32.1. The molecule has 1 aliphatic carbocycles. The fourth-order valence-electron chi connectivity index (χ4n) is 3.11. The summed E-state index contributed by atoms with van der Waals surface area (Å²) < 4.78 is 0. The molecule has 1 aromatic rings. The summed E-state index contributed by atoms with van der Waals surface area (Å²) in [4.78, 5) is 4.73. The summed E-state index contributed by atoms with van der Waals surface area (Å²) >= 11 is 1.71. The lowest BCUT2D eigenvalue weighted by atomic mass is 9.76. The van der Waals surface area contributed by atoms with Crippen LogP contribution in [0.15, 0.2) is 5.38 Å². The molecule has 20 heavy (non-hydrogen) atoms. The number of aliphatic hydroxyl groups is 1. The Hall–Kier alpha value is -0.410. The molecular weight excluding hydrogens is 266 g/mol. The Morgan fingerprint density at radius 2 is 2.00 bits per heavy atom. The maximum atomic E-state index is 10.8. The van der Waals surface area contributed by atoms with Gasteiger partial charge < -0.3 is 5.11 Å². The van der Waals surface area contributed by atoms with Crippen molar-refractivity contribution in [3.8, 4) is 0 Å². The highest BCUT2D eigenvalue weighted by Crippen LogP contribution is 2.37. The van der Waals surface area contributed by atoms with E-state index in [1.807, 2.05) is 0 Å². The Morgan fingerprint density at radius 1 is 1.35 bits per heavy atom. The molecule has 114 valence electrons. The number of aromatic nitrogens is 1. The molecule has 1 aliphatic rings. The van der Waals surface area contributed by atoms with E-state index in [1.165, 1.54) is 25.7 Å². The fraction of sp³-hybridized carbons (Fsp3) is 0.824. The van der Waals surface area contributed by atoms with Crippen LogP contribution < -0.4 is 0 Å². The van der Waals surface area contributed by atoms with Crippen molar-refractivity contribution in [1.29, 1.82) is 0 Å². The molecule has 0 atom stereocenters. The molecule has 1 fully saturated rings. The standard InChI is InChI=1S/C17H29NOS/c1-5-6-13-7-9-17(19,10-8-13)11-15-18-14(12-20-15)16(2,3)4/h12-13,19H,5-11H2,1-4H3. The largest absolute Gasteiger partial charge is 0.389 e. The maximum Gasteiger partial charge on any atom is 0.0957 e. The Morgan fingerprint density at radius 3 is 2.50 bits per heavy atom. The average Bonchev–Trinajstić information content (AvgIpc) is 2.81. The number of thiazole rings is 1. The number of hydrogen-bond acceptors (Lipinski definition) is 3. The lowest BCUT2D eigenvalue weighted by Crippen LogP contribution is -2.36. The van der Waals surface area contributed by atoms with Gasteiger partial charge in [-0.15, -0.1) is 11.3 Å². The molecule has 1 heterocycles. The first-order chi connectivity index (χ1) is 9.32. The molecule has 2 nitrogen and oxygen atoms in total. The van der Waals surface area contributed by atoms with Gasteiger partial charge >= 0.3 is 0 Å². The maximum absolute atomic E-state index is 10.8. The Bertz CT molecular complexity index is 424. The second kappa shape index (κ2) is 6.15. The third-order valence-electron chi connectivity index (χ3n) is 4.53. The first-order valence-corrected chi connectivity index (χ1v) is 8.88. The van der Waals surface area contributed by atoms with Crippen LogP contribution >= 0.6 is 11.3 Å². The van der Waals surface area contributed by atoms with Gasteiger partial charge in [0.1, 0.15) is 0 Å². The van der Waals surface area contributed by atoms with Gasteiger partial charge in [0, 0.05) is 17.2 Å². The van der Waals surface area contributed by atoms with Gasteiger partial charge in [0.2, 0.25) is 0 Å². The van der Waals surface area contributed by atoms with Gasteiger partial charge in [0.25, 0.3) is 0 Å². The smallest absolute Gasteiger partial charge is 0.0957 e. The minimum absolute atomic E-state index is 0.107. The normalized spacial score (nSPS) is 27.8. The van der Waals surface area contributed by atoms with E-state index in [0.717, 1.165) is 35.9 Å². The van der Waals surface area contributed by atoms with Gasteiger partial charge in [0.15, 0.2) is 0 Å². The molecule has 0 amide bonds. The molecule has 1 aromatic heterocycles. The lowest BCUT2D eigenvalue weighted by molar-refractivity contribution is -0.00994. The van der Waals surface area contributed by atoms with Crippen LogP contribution in [0.4, 0.5) is 0 Å². The third kappa shape index (κ3) is 4.05. The van der Waals surface area contributed by atoms with Crippen molar-refractivity contribution in [3.05, 3.63) is 16.1 Å². The minimum Gasteiger partial charge on any atom is -0.389 e. The number of hydrogen-bond donors (Lipinski definition) is 1. The second-order valence-electron chi connectivity index (χ2n) is 7.51. The zero-order valence-corrected chi connectivity index (χ0v) is 14.2. The zero-order valence-electron chi connectivity index (χ0n) is 13.4. The predicted molar refractivity (Wildman–Crippen MR) is 86.3 cm³/mol. The monoisotopic (exact) mass is 295 g/mol. The molecule has 2 rings (SSSR count). The second-order valence-corrected chi connectivity index (χ2v) is 8.45. The van der Waals surface area contributed by atoms with Gasteiger partial charge in [-0.1, -0.05) is 40.5 Å². The number of rotatable bonds is 4. The molecule has 0 bridgehead atoms. The van der Waals surface area contributed by atoms with Crippen LogP contribution in [0.2, 0.25) is 0 Å². The topological polar surface area (TPSA) is 33.1 Å². The van der Waals surface area contributed by atoms with Crippen molar-refractivity contribution in [2.75, 3.05) is 0 Å². The summed E-state index contributed by atoms with van der Waals surface area (Å²) in [6.45, 7) is 8.83. The van der Waals surface area contributed by atoms with Crippen LogP contribution in [-0.2, 0) is 11.8 Å². The Kier molecular flexibility index (Phi) is 4.91. The summed E-state index contributed by atoms with van der Waals surface area (Å²) in [5.74, 6) is 0.835. The van der Waals surface area contributed by atoms with Gasteiger partial charge in [-0.2, -0.15) is 0 Å². The Labute approximate surface area is 127 Å². The van der Waals surface area contributed by atoms with Gasteiger partial charge in [-0.05, 0) is 31.6 Å². The SMILES string of the molecule is CCCC1CCC(O)(Cc2nc(C(C)(C)C)cs2)CC1. The molecule has 0 saturated heterocycles. The van der Waals surface area contributed by atoms with Crippen LogP contribution in [0.25, 0.3) is 0 Å². The minimum atomic E-state index is -0.503. The van der Waals surface area contributed by atoms with E-state index < -0.39 is 5.60 Å². The molecule has 1 saturated carbocycles. The molecule has 0 spiro atoms. The van der Waals surface area contributed by atoms with E-state index in [-0.39, 0.29) is 5.41 Å². The average molecular weight is 295 g/mol. The Balaban J connectivity index is 1.94. The highest BCUT2D eigenvalue weighted by Gasteiger charge is 2.34. The van der Waals surface area contributed by atoms with Crippen molar-refractivity contribution in [1.82, 2.24) is 4.98 Å². The lowest BCUT2D eigenvalue weighted by Gasteiger charge is -2.35. The fourth-order valence-corrected chi connectivity index (χ4v) is 4.26. The van der Waals surface area contributed by atoms with Gasteiger partial charge in [0.05, 0.1) is 16.3 Å². The van der Waals surface area contributed by atoms with E-state index in [9.17, 15) is 5.11 Å². The van der Waals surface area contributed by atoms with Crippen LogP contribution in [0, 0.1) is 5.92 Å². The van der Waals surface area contributed by atoms with E-state index >= 15 is 0 Å². The molecular formula is C17H29NOS. The van der Waals surface area contributed by atoms with Crippen molar-refractivity contribution < 1.29 is 5.11 Å². The summed E-state index contributed by atoms with van der Waals surface area (Å²) in [6.07, 6.45) is 7.59. The van der Waals surface area contributed by atoms with Crippen LogP contribution in [0.3, 0.4) is 0 Å². The van der Waals surface area contributed by atoms with E-state index in [0.29, 0.717) is 0 Å². The molecule has 0 aliphatic heterocycles. The van der Waals surface area contributed by atoms with Gasteiger partial charge in [-0.25, -0.2) is 4.98 Å². The summed E-state index contributed by atoms with van der Waals surface area (Å²) in [7, 11) is 0. The molecule has 0 unspecified atom stereocenters. The van der Waals surface area contributed by atoms with Crippen LogP contribution in [0.1, 0.15) is 76.9 Å². The van der Waals surface area contributed by atoms with Crippen molar-refractivity contribution in [2.24, 2.45) is 5.92 Å². The zero-order chi connectivity index (χ0) is 14.8. The third-order valence-corrected chi connectivity index (χ3v) is 5.38. The summed E-state index contributed by atoms with van der Waals surface area (Å²) in [5, 5.41) is 14.0. The van der Waals surface area contributed by atoms with Crippen molar-refractivity contribution >= 4 is 11.3 Å². The first-order valence-electron chi connectivity index (χ1n) is 8.00. The van der Waals surface area contributed by atoms with E-state index in [4.69, 9.17) is 4.98 Å². The van der Waals surface area contributed by atoms with E-state index in [2.05, 4.69) is 33.1 Å². The van der Waals surface area contributed by atoms with Crippen LogP contribution in [-0.4, -0.2) is 15.7 Å². The highest BCUT2D eigenvalue weighted by molar-refractivity contribution is 7.09.